The Labute approximate surface area is 110 Å². The molecule has 19 heavy (non-hydrogen) atoms. The van der Waals surface area contributed by atoms with Crippen molar-refractivity contribution in [3.63, 3.8) is 0 Å². The summed E-state index contributed by atoms with van der Waals surface area (Å²) in [6.45, 7) is 0.0626. The Morgan fingerprint density at radius 2 is 2.00 bits per heavy atom. The molecule has 0 aromatic heterocycles. The number of nitrogens with two attached hydrogens (primary N) is 1. The Balaban J connectivity index is 2.19. The minimum absolute atomic E-state index is 0.0823. The largest absolute Gasteiger partial charge is 0.445 e. The summed E-state index contributed by atoms with van der Waals surface area (Å²) in [5.41, 5.74) is 2.75. The van der Waals surface area contributed by atoms with Crippen LogP contribution in [0.2, 0.25) is 0 Å². The molecule has 1 aromatic carbocycles. The van der Waals surface area contributed by atoms with Gasteiger partial charge in [0, 0.05) is 6.54 Å². The summed E-state index contributed by atoms with van der Waals surface area (Å²) < 4.78 is 4.92. The minimum Gasteiger partial charge on any atom is -0.445 e. The van der Waals surface area contributed by atoms with E-state index in [4.69, 9.17) is 10.6 Å². The summed E-state index contributed by atoms with van der Waals surface area (Å²) in [4.78, 5) is 22.1. The molecule has 1 aromatic rings. The van der Waals surface area contributed by atoms with Crippen molar-refractivity contribution in [1.29, 1.82) is 0 Å². The van der Waals surface area contributed by atoms with Crippen molar-refractivity contribution in [3.05, 3.63) is 35.9 Å². The molecule has 7 nitrogen and oxygen atoms in total. The molecule has 0 radical (unpaired) electrons. The first-order valence-corrected chi connectivity index (χ1v) is 5.74. The molecule has 7 heteroatoms. The van der Waals surface area contributed by atoms with Crippen LogP contribution < -0.4 is 16.6 Å². The first-order chi connectivity index (χ1) is 9.11. The third kappa shape index (κ3) is 6.39. The number of carbonyl (C=O) groups is 2. The summed E-state index contributed by atoms with van der Waals surface area (Å²) in [6.07, 6.45) is -1.85. The lowest BCUT2D eigenvalue weighted by atomic mass is 10.2. The maximum Gasteiger partial charge on any atom is 0.407 e. The molecule has 0 aliphatic rings. The Morgan fingerprint density at radius 1 is 1.32 bits per heavy atom. The Morgan fingerprint density at radius 3 is 2.63 bits per heavy atom. The van der Waals surface area contributed by atoms with Gasteiger partial charge in [0.1, 0.15) is 6.61 Å². The number of nitrogens with one attached hydrogen (secondary N) is 2. The minimum atomic E-state index is -1.01. The molecule has 2 amide bonds. The van der Waals surface area contributed by atoms with Gasteiger partial charge in [0.05, 0.1) is 12.5 Å². The van der Waals surface area contributed by atoms with Gasteiger partial charge in [-0.2, -0.15) is 0 Å². The first kappa shape index (κ1) is 14.9. The number of rotatable bonds is 6. The fourth-order valence-corrected chi connectivity index (χ4v) is 1.32. The lowest BCUT2D eigenvalue weighted by Gasteiger charge is -2.11. The maximum absolute atomic E-state index is 11.3. The molecule has 0 aliphatic carbocycles. The van der Waals surface area contributed by atoms with Crippen LogP contribution in [0.4, 0.5) is 4.79 Å². The molecule has 0 spiro atoms. The molecule has 1 rings (SSSR count). The van der Waals surface area contributed by atoms with Crippen molar-refractivity contribution in [2.75, 3.05) is 6.54 Å². The number of aliphatic hydroxyl groups is 1. The molecule has 5 N–H and O–H groups in total. The zero-order chi connectivity index (χ0) is 14.1. The number of benzene rings is 1. The average molecular weight is 267 g/mol. The van der Waals surface area contributed by atoms with Gasteiger partial charge < -0.3 is 15.2 Å². The van der Waals surface area contributed by atoms with E-state index in [0.717, 1.165) is 5.56 Å². The highest BCUT2D eigenvalue weighted by Gasteiger charge is 2.11. The van der Waals surface area contributed by atoms with Gasteiger partial charge in [-0.1, -0.05) is 30.3 Å². The topological polar surface area (TPSA) is 114 Å². The van der Waals surface area contributed by atoms with Gasteiger partial charge in [-0.3, -0.25) is 10.2 Å². The van der Waals surface area contributed by atoms with E-state index < -0.39 is 18.1 Å². The van der Waals surface area contributed by atoms with Crippen molar-refractivity contribution in [2.45, 2.75) is 19.1 Å². The van der Waals surface area contributed by atoms with Crippen molar-refractivity contribution in [3.8, 4) is 0 Å². The van der Waals surface area contributed by atoms with Gasteiger partial charge in [0.2, 0.25) is 5.91 Å². The Kier molecular flexibility index (Phi) is 6.34. The monoisotopic (exact) mass is 267 g/mol. The van der Waals surface area contributed by atoms with Crippen LogP contribution in [0.15, 0.2) is 30.3 Å². The van der Waals surface area contributed by atoms with E-state index in [2.05, 4.69) is 5.32 Å². The summed E-state index contributed by atoms with van der Waals surface area (Å²) >= 11 is 0. The van der Waals surface area contributed by atoms with Crippen molar-refractivity contribution in [2.24, 2.45) is 5.84 Å². The van der Waals surface area contributed by atoms with Crippen LogP contribution >= 0.6 is 0 Å². The number of ether oxygens (including phenoxy) is 1. The number of alkyl carbamates (subject to hydrolysis) is 1. The van der Waals surface area contributed by atoms with Crippen LogP contribution in [0.25, 0.3) is 0 Å². The van der Waals surface area contributed by atoms with Crippen molar-refractivity contribution < 1.29 is 19.4 Å². The second kappa shape index (κ2) is 8.06. The zero-order valence-corrected chi connectivity index (χ0v) is 10.3. The van der Waals surface area contributed by atoms with E-state index >= 15 is 0 Å². The first-order valence-electron chi connectivity index (χ1n) is 5.74. The zero-order valence-electron chi connectivity index (χ0n) is 10.3. The SMILES string of the molecule is NNC(=O)C[C@H](O)CNC(=O)OCc1ccccc1. The number of amides is 2. The third-order valence-electron chi connectivity index (χ3n) is 2.28. The van der Waals surface area contributed by atoms with Crippen LogP contribution in [0.5, 0.6) is 0 Å². The highest BCUT2D eigenvalue weighted by Crippen LogP contribution is 2.00. The fraction of sp³-hybridized carbons (Fsp3) is 0.333. The molecule has 1 atom stereocenters. The third-order valence-corrected chi connectivity index (χ3v) is 2.28. The maximum atomic E-state index is 11.3. The van der Waals surface area contributed by atoms with Crippen LogP contribution in [-0.2, 0) is 16.1 Å². The predicted molar refractivity (Wildman–Crippen MR) is 67.6 cm³/mol. The van der Waals surface area contributed by atoms with Crippen LogP contribution in [0, 0.1) is 0 Å². The molecule has 104 valence electrons. The average Bonchev–Trinajstić information content (AvgIpc) is 2.43. The van der Waals surface area contributed by atoms with Gasteiger partial charge in [0.25, 0.3) is 0 Å². The van der Waals surface area contributed by atoms with Crippen LogP contribution in [0.1, 0.15) is 12.0 Å². The van der Waals surface area contributed by atoms with E-state index in [-0.39, 0.29) is 19.6 Å². The van der Waals surface area contributed by atoms with Gasteiger partial charge in [-0.15, -0.1) is 0 Å². The Bertz CT molecular complexity index is 411. The molecule has 0 heterocycles. The lowest BCUT2D eigenvalue weighted by molar-refractivity contribution is -0.123. The Hall–Kier alpha value is -2.12. The molecule has 0 aliphatic heterocycles. The summed E-state index contributed by atoms with van der Waals surface area (Å²) in [5.74, 6) is 4.36. The molecular weight excluding hydrogens is 250 g/mol. The van der Waals surface area contributed by atoms with Gasteiger partial charge in [-0.05, 0) is 5.56 Å². The summed E-state index contributed by atoms with van der Waals surface area (Å²) in [6, 6.07) is 9.20. The quantitative estimate of drug-likeness (QED) is 0.320. The predicted octanol–water partition coefficient (Wildman–Crippen LogP) is -0.346. The molecule has 0 saturated carbocycles. The van der Waals surface area contributed by atoms with E-state index in [1.54, 1.807) is 0 Å². The highest BCUT2D eigenvalue weighted by atomic mass is 16.5. The molecular formula is C12H17N3O4. The number of hydrogen-bond acceptors (Lipinski definition) is 5. The van der Waals surface area contributed by atoms with Crippen molar-refractivity contribution >= 4 is 12.0 Å². The summed E-state index contributed by atoms with van der Waals surface area (Å²) in [7, 11) is 0. The van der Waals surface area contributed by atoms with E-state index in [0.29, 0.717) is 0 Å². The van der Waals surface area contributed by atoms with E-state index in [1.165, 1.54) is 0 Å². The fourth-order valence-electron chi connectivity index (χ4n) is 1.32. The molecule has 0 saturated heterocycles. The van der Waals surface area contributed by atoms with Crippen molar-refractivity contribution in [1.82, 2.24) is 10.7 Å². The van der Waals surface area contributed by atoms with Crippen LogP contribution in [0.3, 0.4) is 0 Å². The molecule has 0 fully saturated rings. The number of carbonyl (C=O) groups excluding carboxylic acids is 2. The van der Waals surface area contributed by atoms with Gasteiger partial charge >= 0.3 is 6.09 Å². The highest BCUT2D eigenvalue weighted by molar-refractivity contribution is 5.75. The molecule has 0 unspecified atom stereocenters. The van der Waals surface area contributed by atoms with E-state index in [9.17, 15) is 14.7 Å². The summed E-state index contributed by atoms with van der Waals surface area (Å²) in [5, 5.41) is 11.7. The normalized spacial score (nSPS) is 11.5. The second-order valence-corrected chi connectivity index (χ2v) is 3.87. The van der Waals surface area contributed by atoms with Crippen LogP contribution in [-0.4, -0.2) is 29.8 Å². The van der Waals surface area contributed by atoms with Gasteiger partial charge in [0.15, 0.2) is 0 Å². The number of hydrazine groups is 1. The smallest absolute Gasteiger partial charge is 0.407 e. The second-order valence-electron chi connectivity index (χ2n) is 3.87. The number of aliphatic hydroxyl groups excluding tert-OH is 1. The standard InChI is InChI=1S/C12H17N3O4/c13-15-11(17)6-10(16)7-14-12(18)19-8-9-4-2-1-3-5-9/h1-5,10,16H,6-8,13H2,(H,14,18)(H,15,17)/t10-/m0/s1. The molecule has 0 bridgehead atoms. The lowest BCUT2D eigenvalue weighted by Crippen LogP contribution is -2.38. The number of hydrogen-bond donors (Lipinski definition) is 4. The van der Waals surface area contributed by atoms with E-state index in [1.807, 2.05) is 35.8 Å². The van der Waals surface area contributed by atoms with Gasteiger partial charge in [-0.25, -0.2) is 10.6 Å².